The monoisotopic (exact) mass is 262 g/mol. The van der Waals surface area contributed by atoms with Crippen molar-refractivity contribution in [3.8, 4) is 0 Å². The Hall–Kier alpha value is -1.31. The Morgan fingerprint density at radius 2 is 1.89 bits per heavy atom. The average molecular weight is 262 g/mol. The van der Waals surface area contributed by atoms with Gasteiger partial charge >= 0.3 is 5.97 Å². The second kappa shape index (κ2) is 9.60. The van der Waals surface area contributed by atoms with Gasteiger partial charge in [-0.05, 0) is 24.3 Å². The van der Waals surface area contributed by atoms with E-state index in [1.165, 1.54) is 18.4 Å². The van der Waals surface area contributed by atoms with Crippen LogP contribution in [-0.4, -0.2) is 12.6 Å². The summed E-state index contributed by atoms with van der Waals surface area (Å²) in [7, 11) is 0. The second-order valence-corrected chi connectivity index (χ2v) is 5.29. The van der Waals surface area contributed by atoms with Crippen molar-refractivity contribution in [2.75, 3.05) is 6.61 Å². The van der Waals surface area contributed by atoms with Gasteiger partial charge < -0.3 is 4.74 Å². The van der Waals surface area contributed by atoms with Gasteiger partial charge in [0.05, 0.1) is 6.61 Å². The maximum atomic E-state index is 11.5. The van der Waals surface area contributed by atoms with Crippen LogP contribution in [0.15, 0.2) is 30.3 Å². The molecule has 0 aliphatic carbocycles. The molecule has 19 heavy (non-hydrogen) atoms. The summed E-state index contributed by atoms with van der Waals surface area (Å²) in [5.41, 5.74) is 1.30. The van der Waals surface area contributed by atoms with Crippen LogP contribution in [0.25, 0.3) is 0 Å². The minimum atomic E-state index is -0.0454. The van der Waals surface area contributed by atoms with Gasteiger partial charge in [-0.3, -0.25) is 4.79 Å². The van der Waals surface area contributed by atoms with Crippen LogP contribution < -0.4 is 0 Å². The van der Waals surface area contributed by atoms with E-state index >= 15 is 0 Å². The number of unbranched alkanes of at least 4 members (excludes halogenated alkanes) is 3. The molecule has 0 aliphatic rings. The summed E-state index contributed by atoms with van der Waals surface area (Å²) in [4.78, 5) is 11.5. The minimum Gasteiger partial charge on any atom is -0.465 e. The van der Waals surface area contributed by atoms with Gasteiger partial charge in [-0.15, -0.1) is 0 Å². The summed E-state index contributed by atoms with van der Waals surface area (Å²) in [5.74, 6) is 0.331. The predicted octanol–water partition coefficient (Wildman–Crippen LogP) is 4.38. The maximum absolute atomic E-state index is 11.5. The lowest BCUT2D eigenvalue weighted by Crippen LogP contribution is -2.13. The molecular weight excluding hydrogens is 236 g/mol. The van der Waals surface area contributed by atoms with Gasteiger partial charge in [0.1, 0.15) is 0 Å². The fraction of sp³-hybridized carbons (Fsp3) is 0.588. The fourth-order valence-corrected chi connectivity index (χ4v) is 2.08. The number of carbonyl (C=O) groups is 1. The standard InChI is InChI=1S/C17H26O2/c1-3-4-5-9-12-17(18)19-14-15(2)13-16-10-7-6-8-11-16/h6-8,10-11,15H,3-5,9,12-14H2,1-2H3. The van der Waals surface area contributed by atoms with Crippen molar-refractivity contribution in [2.24, 2.45) is 5.92 Å². The van der Waals surface area contributed by atoms with E-state index in [4.69, 9.17) is 4.74 Å². The molecule has 0 spiro atoms. The van der Waals surface area contributed by atoms with E-state index in [9.17, 15) is 4.79 Å². The van der Waals surface area contributed by atoms with Gasteiger partial charge in [-0.2, -0.15) is 0 Å². The molecule has 0 aromatic heterocycles. The minimum absolute atomic E-state index is 0.0454. The first-order valence-corrected chi connectivity index (χ1v) is 7.42. The lowest BCUT2D eigenvalue weighted by Gasteiger charge is -2.12. The third-order valence-corrected chi connectivity index (χ3v) is 3.19. The number of ether oxygens (including phenoxy) is 1. The molecule has 0 saturated carbocycles. The Balaban J connectivity index is 2.12. The molecule has 1 unspecified atom stereocenters. The van der Waals surface area contributed by atoms with Gasteiger partial charge in [0, 0.05) is 6.42 Å². The first-order chi connectivity index (χ1) is 9.22. The zero-order valence-corrected chi connectivity index (χ0v) is 12.2. The third-order valence-electron chi connectivity index (χ3n) is 3.19. The summed E-state index contributed by atoms with van der Waals surface area (Å²) in [6.45, 7) is 4.82. The molecular formula is C17H26O2. The van der Waals surface area contributed by atoms with E-state index in [1.807, 2.05) is 18.2 Å². The summed E-state index contributed by atoms with van der Waals surface area (Å²) in [6, 6.07) is 10.3. The molecule has 1 rings (SSSR count). The van der Waals surface area contributed by atoms with Gasteiger partial charge in [-0.25, -0.2) is 0 Å². The molecule has 106 valence electrons. The highest BCUT2D eigenvalue weighted by Crippen LogP contribution is 2.09. The van der Waals surface area contributed by atoms with Crippen molar-refractivity contribution in [2.45, 2.75) is 52.4 Å². The molecule has 2 heteroatoms. The highest BCUT2D eigenvalue weighted by Gasteiger charge is 2.08. The zero-order chi connectivity index (χ0) is 13.9. The van der Waals surface area contributed by atoms with Crippen LogP contribution in [-0.2, 0) is 16.0 Å². The molecule has 0 fully saturated rings. The number of benzene rings is 1. The summed E-state index contributed by atoms with van der Waals surface area (Å²) in [5, 5.41) is 0. The number of hydrogen-bond donors (Lipinski definition) is 0. The van der Waals surface area contributed by atoms with Crippen LogP contribution >= 0.6 is 0 Å². The number of esters is 1. The van der Waals surface area contributed by atoms with E-state index in [1.54, 1.807) is 0 Å². The molecule has 1 aromatic rings. The van der Waals surface area contributed by atoms with Crippen LogP contribution in [0.2, 0.25) is 0 Å². The predicted molar refractivity (Wildman–Crippen MR) is 79.0 cm³/mol. The van der Waals surface area contributed by atoms with Crippen molar-refractivity contribution >= 4 is 5.97 Å². The Bertz CT molecular complexity index is 346. The van der Waals surface area contributed by atoms with Gasteiger partial charge in [0.25, 0.3) is 0 Å². The lowest BCUT2D eigenvalue weighted by molar-refractivity contribution is -0.145. The van der Waals surface area contributed by atoms with Crippen LogP contribution in [0, 0.1) is 5.92 Å². The molecule has 0 bridgehead atoms. The second-order valence-electron chi connectivity index (χ2n) is 5.29. The Morgan fingerprint density at radius 3 is 2.58 bits per heavy atom. The SMILES string of the molecule is CCCCCCC(=O)OCC(C)Cc1ccccc1. The molecule has 0 heterocycles. The van der Waals surface area contributed by atoms with Crippen LogP contribution in [0.1, 0.15) is 51.5 Å². The Labute approximate surface area is 117 Å². The fourth-order valence-electron chi connectivity index (χ4n) is 2.08. The number of hydrogen-bond acceptors (Lipinski definition) is 2. The molecule has 1 aromatic carbocycles. The molecule has 0 aliphatic heterocycles. The molecule has 0 saturated heterocycles. The first-order valence-electron chi connectivity index (χ1n) is 7.42. The molecule has 2 nitrogen and oxygen atoms in total. The quantitative estimate of drug-likeness (QED) is 0.487. The van der Waals surface area contributed by atoms with Crippen LogP contribution in [0.4, 0.5) is 0 Å². The third kappa shape index (κ3) is 7.66. The highest BCUT2D eigenvalue weighted by atomic mass is 16.5. The summed E-state index contributed by atoms with van der Waals surface area (Å²) in [6.07, 6.45) is 6.02. The van der Waals surface area contributed by atoms with E-state index in [-0.39, 0.29) is 5.97 Å². The molecule has 0 N–H and O–H groups in total. The van der Waals surface area contributed by atoms with E-state index in [2.05, 4.69) is 26.0 Å². The lowest BCUT2D eigenvalue weighted by atomic mass is 10.0. The topological polar surface area (TPSA) is 26.3 Å². The van der Waals surface area contributed by atoms with E-state index < -0.39 is 0 Å². The van der Waals surface area contributed by atoms with Gasteiger partial charge in [0.2, 0.25) is 0 Å². The Morgan fingerprint density at radius 1 is 1.16 bits per heavy atom. The normalized spacial score (nSPS) is 12.1. The van der Waals surface area contributed by atoms with Crippen molar-refractivity contribution in [1.29, 1.82) is 0 Å². The molecule has 0 amide bonds. The smallest absolute Gasteiger partial charge is 0.305 e. The van der Waals surface area contributed by atoms with Crippen molar-refractivity contribution in [1.82, 2.24) is 0 Å². The summed E-state index contributed by atoms with van der Waals surface area (Å²) < 4.78 is 5.32. The van der Waals surface area contributed by atoms with Crippen molar-refractivity contribution in [3.63, 3.8) is 0 Å². The number of rotatable bonds is 9. The van der Waals surface area contributed by atoms with Crippen molar-refractivity contribution in [3.05, 3.63) is 35.9 Å². The zero-order valence-electron chi connectivity index (χ0n) is 12.2. The summed E-state index contributed by atoms with van der Waals surface area (Å²) >= 11 is 0. The Kier molecular flexibility index (Phi) is 7.95. The molecule has 0 radical (unpaired) electrons. The van der Waals surface area contributed by atoms with Crippen LogP contribution in [0.3, 0.4) is 0 Å². The highest BCUT2D eigenvalue weighted by molar-refractivity contribution is 5.69. The largest absolute Gasteiger partial charge is 0.465 e. The van der Waals surface area contributed by atoms with Gasteiger partial charge in [0.15, 0.2) is 0 Å². The maximum Gasteiger partial charge on any atom is 0.305 e. The van der Waals surface area contributed by atoms with E-state index in [0.717, 1.165) is 19.3 Å². The first kappa shape index (κ1) is 15.7. The average Bonchev–Trinajstić information content (AvgIpc) is 2.42. The van der Waals surface area contributed by atoms with Crippen LogP contribution in [0.5, 0.6) is 0 Å². The number of carbonyl (C=O) groups excluding carboxylic acids is 1. The van der Waals surface area contributed by atoms with Crippen molar-refractivity contribution < 1.29 is 9.53 Å². The van der Waals surface area contributed by atoms with E-state index in [0.29, 0.717) is 18.9 Å². The molecule has 1 atom stereocenters. The van der Waals surface area contributed by atoms with Gasteiger partial charge in [-0.1, -0.05) is 63.4 Å².